The van der Waals surface area contributed by atoms with E-state index in [1.54, 1.807) is 0 Å². The van der Waals surface area contributed by atoms with Gasteiger partial charge in [-0.3, -0.25) is 4.79 Å². The van der Waals surface area contributed by atoms with E-state index in [4.69, 9.17) is 9.47 Å². The molecule has 3 aromatic rings. The molecule has 0 aliphatic rings. The average Bonchev–Trinajstić information content (AvgIpc) is 2.84. The molecule has 1 atom stereocenters. The Balaban J connectivity index is 1.83. The van der Waals surface area contributed by atoms with Crippen LogP contribution < -0.4 is 14.8 Å². The highest BCUT2D eigenvalue weighted by atomic mass is 16.5. The number of ether oxygens (including phenoxy) is 2. The first-order valence-corrected chi connectivity index (χ1v) is 12.3. The highest BCUT2D eigenvalue weighted by molar-refractivity contribution is 5.96. The molecule has 0 fully saturated rings. The Bertz CT molecular complexity index is 1050. The predicted octanol–water partition coefficient (Wildman–Crippen LogP) is 7.13. The molecule has 0 bridgehead atoms. The summed E-state index contributed by atoms with van der Waals surface area (Å²) in [5.41, 5.74) is 3.83. The molecule has 1 amide bonds. The summed E-state index contributed by atoms with van der Waals surface area (Å²) in [4.78, 5) is 13.6. The third-order valence-electron chi connectivity index (χ3n) is 5.67. The molecule has 34 heavy (non-hydrogen) atoms. The highest BCUT2D eigenvalue weighted by Gasteiger charge is 2.20. The van der Waals surface area contributed by atoms with Gasteiger partial charge in [-0.1, -0.05) is 69.7 Å². The first kappa shape index (κ1) is 25.4. The Kier molecular flexibility index (Phi) is 9.57. The van der Waals surface area contributed by atoms with Gasteiger partial charge in [0.25, 0.3) is 5.91 Å². The Morgan fingerprint density at radius 1 is 0.882 bits per heavy atom. The van der Waals surface area contributed by atoms with E-state index in [-0.39, 0.29) is 11.9 Å². The summed E-state index contributed by atoms with van der Waals surface area (Å²) < 4.78 is 11.6. The van der Waals surface area contributed by atoms with Gasteiger partial charge >= 0.3 is 0 Å². The molecule has 3 aromatic carbocycles. The smallest absolute Gasteiger partial charge is 0.252 e. The van der Waals surface area contributed by atoms with E-state index in [1.165, 1.54) is 0 Å². The first-order valence-electron chi connectivity index (χ1n) is 12.3. The van der Waals surface area contributed by atoms with Crippen molar-refractivity contribution in [1.82, 2.24) is 5.32 Å². The number of amides is 1. The SMILES string of the molecule is CCCc1ccc(COc2ccccc2)cc1C(=O)NC(CC(C)C)c1cccc(OCC)c1. The van der Waals surface area contributed by atoms with Crippen molar-refractivity contribution in [2.45, 2.75) is 59.6 Å². The molecule has 1 unspecified atom stereocenters. The predicted molar refractivity (Wildman–Crippen MR) is 138 cm³/mol. The maximum absolute atomic E-state index is 13.6. The van der Waals surface area contributed by atoms with Gasteiger partial charge in [0.2, 0.25) is 0 Å². The van der Waals surface area contributed by atoms with E-state index in [0.717, 1.165) is 53.0 Å². The number of para-hydroxylation sites is 1. The van der Waals surface area contributed by atoms with Crippen LogP contribution in [0, 0.1) is 5.92 Å². The molecule has 0 saturated heterocycles. The minimum atomic E-state index is -0.0911. The van der Waals surface area contributed by atoms with Crippen molar-refractivity contribution in [3.63, 3.8) is 0 Å². The van der Waals surface area contributed by atoms with Crippen LogP contribution in [0.25, 0.3) is 0 Å². The van der Waals surface area contributed by atoms with Crippen LogP contribution in [-0.2, 0) is 13.0 Å². The zero-order chi connectivity index (χ0) is 24.3. The first-order chi connectivity index (χ1) is 16.5. The lowest BCUT2D eigenvalue weighted by molar-refractivity contribution is 0.0930. The van der Waals surface area contributed by atoms with Crippen LogP contribution in [-0.4, -0.2) is 12.5 Å². The Labute approximate surface area is 204 Å². The maximum Gasteiger partial charge on any atom is 0.252 e. The summed E-state index contributed by atoms with van der Waals surface area (Å²) in [5, 5.41) is 3.31. The lowest BCUT2D eigenvalue weighted by atomic mass is 9.95. The second-order valence-electron chi connectivity index (χ2n) is 9.00. The number of hydrogen-bond acceptors (Lipinski definition) is 3. The van der Waals surface area contributed by atoms with Crippen LogP contribution in [0.1, 0.15) is 73.6 Å². The van der Waals surface area contributed by atoms with Crippen LogP contribution in [0.2, 0.25) is 0 Å². The molecule has 0 saturated carbocycles. The van der Waals surface area contributed by atoms with Gasteiger partial charge in [-0.05, 0) is 72.7 Å². The van der Waals surface area contributed by atoms with Crippen LogP contribution in [0.3, 0.4) is 0 Å². The quantitative estimate of drug-likeness (QED) is 0.313. The fraction of sp³-hybridized carbons (Fsp3) is 0.367. The number of hydrogen-bond donors (Lipinski definition) is 1. The normalized spacial score (nSPS) is 11.8. The number of carbonyl (C=O) groups excluding carboxylic acids is 1. The summed E-state index contributed by atoms with van der Waals surface area (Å²) in [7, 11) is 0. The van der Waals surface area contributed by atoms with Gasteiger partial charge < -0.3 is 14.8 Å². The molecule has 4 heteroatoms. The summed E-state index contributed by atoms with van der Waals surface area (Å²) in [5.74, 6) is 2.03. The van der Waals surface area contributed by atoms with Gasteiger partial charge in [0.15, 0.2) is 0 Å². The minimum Gasteiger partial charge on any atom is -0.494 e. The van der Waals surface area contributed by atoms with Crippen molar-refractivity contribution < 1.29 is 14.3 Å². The van der Waals surface area contributed by atoms with E-state index in [9.17, 15) is 4.79 Å². The molecule has 0 heterocycles. The number of carbonyl (C=O) groups is 1. The van der Waals surface area contributed by atoms with Crippen molar-refractivity contribution in [3.05, 3.63) is 95.1 Å². The second kappa shape index (κ2) is 12.8. The molecule has 0 spiro atoms. The van der Waals surface area contributed by atoms with Crippen LogP contribution >= 0.6 is 0 Å². The highest BCUT2D eigenvalue weighted by Crippen LogP contribution is 2.26. The number of benzene rings is 3. The summed E-state index contributed by atoms with van der Waals surface area (Å²) in [6.07, 6.45) is 2.68. The molecule has 0 aliphatic heterocycles. The van der Waals surface area contributed by atoms with E-state index >= 15 is 0 Å². The summed E-state index contributed by atoms with van der Waals surface area (Å²) in [6.45, 7) is 9.50. The van der Waals surface area contributed by atoms with Gasteiger partial charge in [0, 0.05) is 5.56 Å². The van der Waals surface area contributed by atoms with Crippen LogP contribution in [0.15, 0.2) is 72.8 Å². The molecular formula is C30H37NO3. The van der Waals surface area contributed by atoms with E-state index in [2.05, 4.69) is 44.3 Å². The topological polar surface area (TPSA) is 47.6 Å². The molecule has 0 radical (unpaired) electrons. The minimum absolute atomic E-state index is 0.0440. The largest absolute Gasteiger partial charge is 0.494 e. The zero-order valence-corrected chi connectivity index (χ0v) is 20.8. The van der Waals surface area contributed by atoms with Crippen LogP contribution in [0.5, 0.6) is 11.5 Å². The molecule has 3 rings (SSSR count). The maximum atomic E-state index is 13.6. The van der Waals surface area contributed by atoms with Gasteiger partial charge in [0.1, 0.15) is 18.1 Å². The zero-order valence-electron chi connectivity index (χ0n) is 20.8. The van der Waals surface area contributed by atoms with E-state index < -0.39 is 0 Å². The lowest BCUT2D eigenvalue weighted by Gasteiger charge is -2.23. The van der Waals surface area contributed by atoms with E-state index in [1.807, 2.05) is 61.5 Å². The molecular weight excluding hydrogens is 422 g/mol. The van der Waals surface area contributed by atoms with Gasteiger partial charge in [-0.2, -0.15) is 0 Å². The van der Waals surface area contributed by atoms with Crippen LogP contribution in [0.4, 0.5) is 0 Å². The molecule has 1 N–H and O–H groups in total. The van der Waals surface area contributed by atoms with Crippen molar-refractivity contribution in [2.75, 3.05) is 6.61 Å². The van der Waals surface area contributed by atoms with Crippen molar-refractivity contribution in [1.29, 1.82) is 0 Å². The fourth-order valence-corrected chi connectivity index (χ4v) is 4.07. The number of rotatable bonds is 12. The Hall–Kier alpha value is -3.27. The average molecular weight is 460 g/mol. The number of nitrogens with one attached hydrogen (secondary N) is 1. The van der Waals surface area contributed by atoms with Crippen molar-refractivity contribution in [3.8, 4) is 11.5 Å². The number of aryl methyl sites for hydroxylation is 1. The van der Waals surface area contributed by atoms with E-state index in [0.29, 0.717) is 19.1 Å². The van der Waals surface area contributed by atoms with Crippen molar-refractivity contribution in [2.24, 2.45) is 5.92 Å². The van der Waals surface area contributed by atoms with Gasteiger partial charge in [-0.25, -0.2) is 0 Å². The summed E-state index contributed by atoms with van der Waals surface area (Å²) in [6, 6.07) is 23.8. The monoisotopic (exact) mass is 459 g/mol. The molecule has 0 aliphatic carbocycles. The Morgan fingerprint density at radius 3 is 2.35 bits per heavy atom. The Morgan fingerprint density at radius 2 is 1.65 bits per heavy atom. The lowest BCUT2D eigenvalue weighted by Crippen LogP contribution is -2.30. The molecule has 180 valence electrons. The van der Waals surface area contributed by atoms with Gasteiger partial charge in [0.05, 0.1) is 12.6 Å². The van der Waals surface area contributed by atoms with Gasteiger partial charge in [-0.15, -0.1) is 0 Å². The molecule has 4 nitrogen and oxygen atoms in total. The fourth-order valence-electron chi connectivity index (χ4n) is 4.07. The standard InChI is InChI=1S/C30H37NO3/c1-5-11-24-17-16-23(21-34-26-13-8-7-9-14-26)19-28(24)30(32)31-29(18-22(3)4)25-12-10-15-27(20-25)33-6-2/h7-10,12-17,19-20,22,29H,5-6,11,18,21H2,1-4H3,(H,31,32). The van der Waals surface area contributed by atoms with Crippen molar-refractivity contribution >= 4 is 5.91 Å². The third-order valence-corrected chi connectivity index (χ3v) is 5.67. The molecule has 0 aromatic heterocycles. The summed E-state index contributed by atoms with van der Waals surface area (Å²) >= 11 is 0. The third kappa shape index (κ3) is 7.38. The second-order valence-corrected chi connectivity index (χ2v) is 9.00.